The number of hydrogen-bond donors (Lipinski definition) is 1. The standard InChI is InChI=1S/C33H49NO10/c1-36-13-14-38-17-18-40-21-22-42-25-26-43-24-23-41-20-19-39-16-15-37-12-6-11-34-33(35)44-27-32-30-9-4-2-7-28(30)29-8-3-5-10-31(29)32/h2-5,7-10,32H,6,11-27H2,1H3,(H,34,35). The zero-order valence-electron chi connectivity index (χ0n) is 26.0. The van der Waals surface area contributed by atoms with Crippen LogP contribution in [0.25, 0.3) is 11.1 Å². The summed E-state index contributed by atoms with van der Waals surface area (Å²) in [4.78, 5) is 12.2. The average Bonchev–Trinajstić information content (AvgIpc) is 3.37. The Balaban J connectivity index is 1.02. The highest BCUT2D eigenvalue weighted by atomic mass is 16.6. The molecule has 11 heteroatoms. The summed E-state index contributed by atoms with van der Waals surface area (Å²) < 4.78 is 48.6. The van der Waals surface area contributed by atoms with Gasteiger partial charge in [0, 0.05) is 26.2 Å². The van der Waals surface area contributed by atoms with E-state index in [0.29, 0.717) is 119 Å². The van der Waals surface area contributed by atoms with Crippen LogP contribution in [-0.2, 0) is 42.6 Å². The molecule has 11 nitrogen and oxygen atoms in total. The van der Waals surface area contributed by atoms with Crippen molar-refractivity contribution in [3.63, 3.8) is 0 Å². The summed E-state index contributed by atoms with van der Waals surface area (Å²) in [7, 11) is 1.64. The first-order valence-electron chi connectivity index (χ1n) is 15.4. The van der Waals surface area contributed by atoms with Gasteiger partial charge < -0.3 is 47.9 Å². The van der Waals surface area contributed by atoms with Gasteiger partial charge in [-0.15, -0.1) is 0 Å². The van der Waals surface area contributed by atoms with Gasteiger partial charge in [-0.05, 0) is 28.7 Å². The van der Waals surface area contributed by atoms with E-state index in [9.17, 15) is 4.79 Å². The normalized spacial score (nSPS) is 12.3. The Morgan fingerprint density at radius 3 is 1.39 bits per heavy atom. The topological polar surface area (TPSA) is 112 Å². The maximum absolute atomic E-state index is 12.2. The maximum Gasteiger partial charge on any atom is 0.407 e. The van der Waals surface area contributed by atoms with Crippen molar-refractivity contribution in [2.75, 3.05) is 119 Å². The van der Waals surface area contributed by atoms with E-state index in [-0.39, 0.29) is 5.92 Å². The van der Waals surface area contributed by atoms with Gasteiger partial charge in [-0.1, -0.05) is 48.5 Å². The molecule has 0 saturated heterocycles. The van der Waals surface area contributed by atoms with Gasteiger partial charge >= 0.3 is 6.09 Å². The summed E-state index contributed by atoms with van der Waals surface area (Å²) in [5.74, 6) is 0.0558. The molecule has 0 fully saturated rings. The monoisotopic (exact) mass is 619 g/mol. The number of amides is 1. The molecule has 0 saturated carbocycles. The van der Waals surface area contributed by atoms with Crippen molar-refractivity contribution in [2.24, 2.45) is 0 Å². The van der Waals surface area contributed by atoms with E-state index >= 15 is 0 Å². The molecule has 0 unspecified atom stereocenters. The number of benzene rings is 2. The molecule has 1 aliphatic rings. The molecule has 0 aliphatic heterocycles. The highest BCUT2D eigenvalue weighted by Gasteiger charge is 2.28. The lowest BCUT2D eigenvalue weighted by atomic mass is 9.98. The first-order valence-corrected chi connectivity index (χ1v) is 15.4. The minimum Gasteiger partial charge on any atom is -0.449 e. The number of rotatable bonds is 27. The van der Waals surface area contributed by atoms with Crippen LogP contribution in [-0.4, -0.2) is 125 Å². The Bertz CT molecular complexity index is 978. The van der Waals surface area contributed by atoms with Crippen molar-refractivity contribution >= 4 is 6.09 Å². The number of carbonyl (C=O) groups excluding carboxylic acids is 1. The molecule has 0 atom stereocenters. The zero-order valence-corrected chi connectivity index (χ0v) is 26.0. The second kappa shape index (κ2) is 23.7. The fourth-order valence-electron chi connectivity index (χ4n) is 4.58. The van der Waals surface area contributed by atoms with Crippen molar-refractivity contribution in [3.05, 3.63) is 59.7 Å². The van der Waals surface area contributed by atoms with Crippen LogP contribution in [0.1, 0.15) is 23.5 Å². The molecule has 0 aromatic heterocycles. The molecule has 2 aromatic rings. The number of nitrogens with one attached hydrogen (secondary N) is 1. The van der Waals surface area contributed by atoms with Crippen LogP contribution in [0.5, 0.6) is 0 Å². The summed E-state index contributed by atoms with van der Waals surface area (Å²) in [6.45, 7) is 8.65. The van der Waals surface area contributed by atoms with Gasteiger partial charge in [-0.3, -0.25) is 0 Å². The molecule has 0 spiro atoms. The Kier molecular flexibility index (Phi) is 19.3. The van der Waals surface area contributed by atoms with E-state index in [1.165, 1.54) is 22.3 Å². The molecule has 2 aromatic carbocycles. The van der Waals surface area contributed by atoms with E-state index in [2.05, 4.69) is 29.6 Å². The Hall–Kier alpha value is -2.61. The second-order valence-electron chi connectivity index (χ2n) is 9.89. The van der Waals surface area contributed by atoms with Gasteiger partial charge in [0.15, 0.2) is 0 Å². The fraction of sp³-hybridized carbons (Fsp3) is 0.606. The largest absolute Gasteiger partial charge is 0.449 e. The van der Waals surface area contributed by atoms with E-state index in [1.807, 2.05) is 24.3 Å². The van der Waals surface area contributed by atoms with E-state index in [4.69, 9.17) is 42.6 Å². The molecular formula is C33H49NO10. The first kappa shape index (κ1) is 35.9. The molecule has 44 heavy (non-hydrogen) atoms. The van der Waals surface area contributed by atoms with Crippen LogP contribution in [0.3, 0.4) is 0 Å². The van der Waals surface area contributed by atoms with Gasteiger partial charge in [-0.25, -0.2) is 4.79 Å². The van der Waals surface area contributed by atoms with Gasteiger partial charge in [0.2, 0.25) is 0 Å². The predicted molar refractivity (Wildman–Crippen MR) is 165 cm³/mol. The lowest BCUT2D eigenvalue weighted by Gasteiger charge is -2.14. The zero-order chi connectivity index (χ0) is 30.9. The van der Waals surface area contributed by atoms with E-state index in [0.717, 1.165) is 0 Å². The summed E-state index contributed by atoms with van der Waals surface area (Å²) >= 11 is 0. The number of carbonyl (C=O) groups is 1. The highest BCUT2D eigenvalue weighted by Crippen LogP contribution is 2.44. The van der Waals surface area contributed by atoms with E-state index < -0.39 is 6.09 Å². The molecular weight excluding hydrogens is 570 g/mol. The second-order valence-corrected chi connectivity index (χ2v) is 9.89. The molecule has 0 radical (unpaired) electrons. The number of fused-ring (bicyclic) bond motifs is 3. The molecule has 3 rings (SSSR count). The van der Waals surface area contributed by atoms with Crippen LogP contribution >= 0.6 is 0 Å². The average molecular weight is 620 g/mol. The summed E-state index contributed by atoms with van der Waals surface area (Å²) in [6, 6.07) is 16.6. The third-order valence-electron chi connectivity index (χ3n) is 6.74. The Morgan fingerprint density at radius 2 is 0.955 bits per heavy atom. The van der Waals surface area contributed by atoms with Gasteiger partial charge in [0.1, 0.15) is 6.61 Å². The van der Waals surface area contributed by atoms with Crippen LogP contribution in [0.2, 0.25) is 0 Å². The minimum absolute atomic E-state index is 0.0558. The predicted octanol–water partition coefficient (Wildman–Crippen LogP) is 3.68. The van der Waals surface area contributed by atoms with Crippen molar-refractivity contribution in [1.82, 2.24) is 5.32 Å². The smallest absolute Gasteiger partial charge is 0.407 e. The quantitative estimate of drug-likeness (QED) is 0.149. The Morgan fingerprint density at radius 1 is 0.568 bits per heavy atom. The van der Waals surface area contributed by atoms with Gasteiger partial charge in [0.05, 0.1) is 92.5 Å². The van der Waals surface area contributed by atoms with Crippen LogP contribution in [0.15, 0.2) is 48.5 Å². The van der Waals surface area contributed by atoms with Gasteiger partial charge in [-0.2, -0.15) is 0 Å². The van der Waals surface area contributed by atoms with Crippen LogP contribution < -0.4 is 5.32 Å². The lowest BCUT2D eigenvalue weighted by molar-refractivity contribution is -0.0221. The number of alkyl carbamates (subject to hydrolysis) is 1. The third kappa shape index (κ3) is 14.4. The Labute approximate surface area is 261 Å². The first-order chi connectivity index (χ1) is 21.8. The van der Waals surface area contributed by atoms with Crippen molar-refractivity contribution in [3.8, 4) is 11.1 Å². The molecule has 1 aliphatic carbocycles. The molecule has 1 amide bonds. The summed E-state index contributed by atoms with van der Waals surface area (Å²) in [5.41, 5.74) is 4.82. The summed E-state index contributed by atoms with van der Waals surface area (Å²) in [6.07, 6.45) is 0.281. The summed E-state index contributed by atoms with van der Waals surface area (Å²) in [5, 5.41) is 2.80. The number of ether oxygens (including phenoxy) is 9. The highest BCUT2D eigenvalue weighted by molar-refractivity contribution is 5.79. The maximum atomic E-state index is 12.2. The molecule has 0 heterocycles. The molecule has 1 N–H and O–H groups in total. The molecule has 246 valence electrons. The van der Waals surface area contributed by atoms with E-state index in [1.54, 1.807) is 7.11 Å². The van der Waals surface area contributed by atoms with Crippen molar-refractivity contribution < 1.29 is 47.4 Å². The van der Waals surface area contributed by atoms with Gasteiger partial charge in [0.25, 0.3) is 0 Å². The van der Waals surface area contributed by atoms with Crippen LogP contribution in [0.4, 0.5) is 4.79 Å². The molecule has 0 bridgehead atoms. The minimum atomic E-state index is -0.411. The third-order valence-corrected chi connectivity index (χ3v) is 6.74. The number of hydrogen-bond acceptors (Lipinski definition) is 10. The fourth-order valence-corrected chi connectivity index (χ4v) is 4.58. The number of methoxy groups -OCH3 is 1. The SMILES string of the molecule is COCCOCCOCCOCCOCCOCCOCCOCCCNC(=O)OCC1c2ccccc2-c2ccccc21. The van der Waals surface area contributed by atoms with Crippen molar-refractivity contribution in [1.29, 1.82) is 0 Å². The lowest BCUT2D eigenvalue weighted by Crippen LogP contribution is -2.27. The van der Waals surface area contributed by atoms with Crippen molar-refractivity contribution in [2.45, 2.75) is 12.3 Å². The van der Waals surface area contributed by atoms with Crippen LogP contribution in [0, 0.1) is 0 Å².